The molecule has 0 atom stereocenters. The Hall–Kier alpha value is -3.24. The number of primary amides is 1. The SMILES string of the molecule is Cc1[nH]c(=O)c(C#N)cc1-c1csc(-c2cccc(C(N)=O)c2)n1. The molecule has 24 heavy (non-hydrogen) atoms. The maximum Gasteiger partial charge on any atom is 0.266 e. The molecule has 2 aromatic heterocycles. The zero-order chi connectivity index (χ0) is 17.3. The lowest BCUT2D eigenvalue weighted by atomic mass is 10.1. The summed E-state index contributed by atoms with van der Waals surface area (Å²) in [7, 11) is 0. The van der Waals surface area contributed by atoms with E-state index in [2.05, 4.69) is 9.97 Å². The largest absolute Gasteiger partial charge is 0.366 e. The second-order valence-electron chi connectivity index (χ2n) is 5.15. The van der Waals surface area contributed by atoms with Crippen molar-refractivity contribution in [3.8, 4) is 27.9 Å². The van der Waals surface area contributed by atoms with Crippen LogP contribution >= 0.6 is 11.3 Å². The van der Waals surface area contributed by atoms with Crippen molar-refractivity contribution in [3.05, 3.63) is 62.9 Å². The van der Waals surface area contributed by atoms with Gasteiger partial charge < -0.3 is 10.7 Å². The van der Waals surface area contributed by atoms with Gasteiger partial charge >= 0.3 is 0 Å². The molecule has 2 heterocycles. The molecule has 118 valence electrons. The molecular formula is C17H12N4O2S. The Labute approximate surface area is 141 Å². The second-order valence-corrected chi connectivity index (χ2v) is 6.00. The number of aromatic amines is 1. The molecule has 0 aliphatic carbocycles. The highest BCUT2D eigenvalue weighted by atomic mass is 32.1. The molecule has 0 fully saturated rings. The molecule has 0 aliphatic rings. The number of H-pyrrole nitrogens is 1. The van der Waals surface area contributed by atoms with E-state index in [-0.39, 0.29) is 5.56 Å². The van der Waals surface area contributed by atoms with Gasteiger partial charge in [0.1, 0.15) is 16.6 Å². The Bertz CT molecular complexity index is 1040. The fourth-order valence-corrected chi connectivity index (χ4v) is 3.12. The fraction of sp³-hybridized carbons (Fsp3) is 0.0588. The van der Waals surface area contributed by atoms with Crippen molar-refractivity contribution < 1.29 is 4.79 Å². The third-order valence-corrected chi connectivity index (χ3v) is 4.42. The monoisotopic (exact) mass is 336 g/mol. The predicted molar refractivity (Wildman–Crippen MR) is 91.6 cm³/mol. The van der Waals surface area contributed by atoms with E-state index in [0.29, 0.717) is 22.5 Å². The predicted octanol–water partition coefficient (Wildman–Crippen LogP) is 2.44. The number of amides is 1. The minimum absolute atomic E-state index is 0.0425. The summed E-state index contributed by atoms with van der Waals surface area (Å²) >= 11 is 1.41. The molecule has 1 aromatic carbocycles. The number of nitriles is 1. The Kier molecular flexibility index (Phi) is 3.98. The quantitative estimate of drug-likeness (QED) is 0.764. The smallest absolute Gasteiger partial charge is 0.266 e. The molecule has 7 heteroatoms. The van der Waals surface area contributed by atoms with Gasteiger partial charge in [-0.1, -0.05) is 12.1 Å². The van der Waals surface area contributed by atoms with E-state index >= 15 is 0 Å². The zero-order valence-corrected chi connectivity index (χ0v) is 13.5. The fourth-order valence-electron chi connectivity index (χ4n) is 2.31. The minimum Gasteiger partial charge on any atom is -0.366 e. The van der Waals surface area contributed by atoms with Crippen molar-refractivity contribution in [2.24, 2.45) is 5.73 Å². The van der Waals surface area contributed by atoms with E-state index in [0.717, 1.165) is 10.6 Å². The number of pyridine rings is 1. The van der Waals surface area contributed by atoms with Crippen LogP contribution in [-0.4, -0.2) is 15.9 Å². The topological polar surface area (TPSA) is 113 Å². The standard InChI is InChI=1S/C17H12N4O2S/c1-9-13(6-12(7-18)16(23)20-9)14-8-24-17(21-14)11-4-2-3-10(5-11)15(19)22/h2-6,8H,1H3,(H2,19,22)(H,20,23). The molecule has 3 N–H and O–H groups in total. The Morgan fingerprint density at radius 3 is 2.88 bits per heavy atom. The van der Waals surface area contributed by atoms with Crippen LogP contribution < -0.4 is 11.3 Å². The summed E-state index contributed by atoms with van der Waals surface area (Å²) in [6, 6.07) is 10.3. The molecule has 0 aliphatic heterocycles. The molecule has 3 aromatic rings. The summed E-state index contributed by atoms with van der Waals surface area (Å²) in [6.45, 7) is 1.75. The van der Waals surface area contributed by atoms with E-state index in [4.69, 9.17) is 11.0 Å². The van der Waals surface area contributed by atoms with Crippen molar-refractivity contribution in [2.75, 3.05) is 0 Å². The lowest BCUT2D eigenvalue weighted by Crippen LogP contribution is -2.12. The number of hydrogen-bond acceptors (Lipinski definition) is 5. The van der Waals surface area contributed by atoms with Gasteiger partial charge in [0.15, 0.2) is 0 Å². The number of benzene rings is 1. The molecule has 0 saturated carbocycles. The number of rotatable bonds is 3. The first kappa shape index (κ1) is 15.6. The van der Waals surface area contributed by atoms with Crippen LogP contribution in [0.5, 0.6) is 0 Å². The number of nitrogens with one attached hydrogen (secondary N) is 1. The van der Waals surface area contributed by atoms with Crippen LogP contribution in [0.1, 0.15) is 21.6 Å². The number of aromatic nitrogens is 2. The van der Waals surface area contributed by atoms with Crippen molar-refractivity contribution >= 4 is 17.2 Å². The lowest BCUT2D eigenvalue weighted by molar-refractivity contribution is 0.100. The van der Waals surface area contributed by atoms with E-state index in [9.17, 15) is 9.59 Å². The van der Waals surface area contributed by atoms with Crippen LogP contribution in [0.4, 0.5) is 0 Å². The van der Waals surface area contributed by atoms with Crippen LogP contribution in [0.2, 0.25) is 0 Å². The van der Waals surface area contributed by atoms with E-state index < -0.39 is 11.5 Å². The average Bonchev–Trinajstić information content (AvgIpc) is 3.05. The number of carbonyl (C=O) groups excluding carboxylic acids is 1. The molecule has 0 bridgehead atoms. The lowest BCUT2D eigenvalue weighted by Gasteiger charge is -2.03. The summed E-state index contributed by atoms with van der Waals surface area (Å²) < 4.78 is 0. The van der Waals surface area contributed by atoms with Crippen LogP contribution in [0.15, 0.2) is 40.5 Å². The maximum atomic E-state index is 11.6. The van der Waals surface area contributed by atoms with Gasteiger partial charge in [0, 0.05) is 27.8 Å². The third kappa shape index (κ3) is 2.83. The molecule has 0 saturated heterocycles. The van der Waals surface area contributed by atoms with Crippen molar-refractivity contribution in [2.45, 2.75) is 6.92 Å². The van der Waals surface area contributed by atoms with Crippen molar-refractivity contribution in [1.29, 1.82) is 5.26 Å². The second kappa shape index (κ2) is 6.10. The molecule has 0 unspecified atom stereocenters. The van der Waals surface area contributed by atoms with Crippen LogP contribution in [0, 0.1) is 18.3 Å². The molecule has 0 radical (unpaired) electrons. The number of hydrogen-bond donors (Lipinski definition) is 2. The Balaban J connectivity index is 2.06. The number of carbonyl (C=O) groups is 1. The van der Waals surface area contributed by atoms with Crippen molar-refractivity contribution in [1.82, 2.24) is 9.97 Å². The van der Waals surface area contributed by atoms with Gasteiger partial charge in [-0.3, -0.25) is 9.59 Å². The van der Waals surface area contributed by atoms with Gasteiger partial charge in [0.25, 0.3) is 5.56 Å². The van der Waals surface area contributed by atoms with Gasteiger partial charge in [-0.05, 0) is 25.1 Å². The summed E-state index contributed by atoms with van der Waals surface area (Å²) in [5, 5.41) is 11.6. The summed E-state index contributed by atoms with van der Waals surface area (Å²) in [4.78, 5) is 30.1. The number of aryl methyl sites for hydroxylation is 1. The maximum absolute atomic E-state index is 11.6. The summed E-state index contributed by atoms with van der Waals surface area (Å²) in [6.07, 6.45) is 0. The van der Waals surface area contributed by atoms with E-state index in [1.807, 2.05) is 17.5 Å². The highest BCUT2D eigenvalue weighted by molar-refractivity contribution is 7.13. The molecule has 1 amide bonds. The highest BCUT2D eigenvalue weighted by Crippen LogP contribution is 2.30. The Morgan fingerprint density at radius 1 is 1.38 bits per heavy atom. The molecular weight excluding hydrogens is 324 g/mol. The summed E-state index contributed by atoms with van der Waals surface area (Å²) in [5.41, 5.74) is 8.12. The Morgan fingerprint density at radius 2 is 2.17 bits per heavy atom. The highest BCUT2D eigenvalue weighted by Gasteiger charge is 2.12. The van der Waals surface area contributed by atoms with Gasteiger partial charge in [-0.2, -0.15) is 5.26 Å². The third-order valence-electron chi connectivity index (χ3n) is 3.53. The van der Waals surface area contributed by atoms with E-state index in [1.165, 1.54) is 17.4 Å². The van der Waals surface area contributed by atoms with Gasteiger partial charge in [-0.25, -0.2) is 4.98 Å². The van der Waals surface area contributed by atoms with Crippen LogP contribution in [-0.2, 0) is 0 Å². The minimum atomic E-state index is -0.497. The van der Waals surface area contributed by atoms with Gasteiger partial charge in [-0.15, -0.1) is 11.3 Å². The zero-order valence-electron chi connectivity index (χ0n) is 12.7. The first-order valence-corrected chi connectivity index (χ1v) is 7.87. The average molecular weight is 336 g/mol. The molecule has 6 nitrogen and oxygen atoms in total. The normalized spacial score (nSPS) is 10.3. The number of nitrogens with two attached hydrogens (primary N) is 1. The molecule has 3 rings (SSSR count). The summed E-state index contributed by atoms with van der Waals surface area (Å²) in [5.74, 6) is -0.497. The number of thiazole rings is 1. The first-order valence-electron chi connectivity index (χ1n) is 6.99. The van der Waals surface area contributed by atoms with Crippen molar-refractivity contribution in [3.63, 3.8) is 0 Å². The number of nitrogens with zero attached hydrogens (tertiary/aromatic N) is 2. The van der Waals surface area contributed by atoms with Gasteiger partial charge in [0.2, 0.25) is 5.91 Å². The first-order chi connectivity index (χ1) is 11.5. The van der Waals surface area contributed by atoms with Crippen LogP contribution in [0.25, 0.3) is 21.8 Å². The molecule has 0 spiro atoms. The van der Waals surface area contributed by atoms with Gasteiger partial charge in [0.05, 0.1) is 5.69 Å². The van der Waals surface area contributed by atoms with Crippen LogP contribution in [0.3, 0.4) is 0 Å². The van der Waals surface area contributed by atoms with E-state index in [1.54, 1.807) is 25.1 Å².